The molecule has 0 saturated carbocycles. The second-order valence-corrected chi connectivity index (χ2v) is 6.93. The summed E-state index contributed by atoms with van der Waals surface area (Å²) in [6, 6.07) is 5.42. The number of aryl methyl sites for hydroxylation is 1. The predicted molar refractivity (Wildman–Crippen MR) is 87.1 cm³/mol. The largest absolute Gasteiger partial charge is 0.506 e. The van der Waals surface area contributed by atoms with Gasteiger partial charge in [0.25, 0.3) is 0 Å². The molecule has 0 spiro atoms. The summed E-state index contributed by atoms with van der Waals surface area (Å²) in [5.41, 5.74) is 1.81. The Kier molecular flexibility index (Phi) is 4.40. The van der Waals surface area contributed by atoms with Gasteiger partial charge >= 0.3 is 0 Å². The van der Waals surface area contributed by atoms with Gasteiger partial charge in [0.2, 0.25) is 5.91 Å². The van der Waals surface area contributed by atoms with Crippen LogP contribution in [0.15, 0.2) is 18.2 Å². The molecular formula is C16H22N2O2S. The van der Waals surface area contributed by atoms with E-state index in [1.54, 1.807) is 11.0 Å². The summed E-state index contributed by atoms with van der Waals surface area (Å²) >= 11 is 1.95. The molecule has 21 heavy (non-hydrogen) atoms. The zero-order valence-electron chi connectivity index (χ0n) is 12.4. The maximum Gasteiger partial charge on any atom is 0.244 e. The van der Waals surface area contributed by atoms with E-state index in [0.29, 0.717) is 6.54 Å². The molecule has 1 aromatic carbocycles. The second-order valence-electron chi connectivity index (χ2n) is 5.70. The number of para-hydroxylation sites is 1. The Morgan fingerprint density at radius 2 is 2.05 bits per heavy atom. The van der Waals surface area contributed by atoms with Crippen LogP contribution in [0.2, 0.25) is 0 Å². The van der Waals surface area contributed by atoms with Gasteiger partial charge in [-0.25, -0.2) is 0 Å². The highest BCUT2D eigenvalue weighted by molar-refractivity contribution is 7.99. The van der Waals surface area contributed by atoms with E-state index in [2.05, 4.69) is 4.90 Å². The lowest BCUT2D eigenvalue weighted by atomic mass is 10.00. The lowest BCUT2D eigenvalue weighted by molar-refractivity contribution is -0.123. The van der Waals surface area contributed by atoms with Crippen LogP contribution >= 0.6 is 11.8 Å². The van der Waals surface area contributed by atoms with Crippen LogP contribution in [0.3, 0.4) is 0 Å². The number of carbonyl (C=O) groups excluding carboxylic acids is 1. The lowest BCUT2D eigenvalue weighted by Crippen LogP contribution is -2.51. The Labute approximate surface area is 130 Å². The molecule has 0 aromatic heterocycles. The highest BCUT2D eigenvalue weighted by atomic mass is 32.2. The number of nitrogens with zero attached hydrogens (tertiary/aromatic N) is 2. The van der Waals surface area contributed by atoms with Gasteiger partial charge in [-0.2, -0.15) is 11.8 Å². The number of phenols is 1. The van der Waals surface area contributed by atoms with E-state index < -0.39 is 0 Å². The molecule has 2 aliphatic heterocycles. The normalized spacial score (nSPS) is 20.9. The van der Waals surface area contributed by atoms with Crippen LogP contribution in [0.1, 0.15) is 18.9 Å². The van der Waals surface area contributed by atoms with E-state index in [4.69, 9.17) is 0 Å². The number of rotatable bonds is 2. The number of phenolic OH excluding ortho intramolecular Hbond substituents is 1. The molecule has 1 N–H and O–H groups in total. The zero-order chi connectivity index (χ0) is 14.8. The smallest absolute Gasteiger partial charge is 0.244 e. The summed E-state index contributed by atoms with van der Waals surface area (Å²) in [4.78, 5) is 16.9. The van der Waals surface area contributed by atoms with Crippen LogP contribution in [0.5, 0.6) is 5.75 Å². The average molecular weight is 306 g/mol. The third-order valence-electron chi connectivity index (χ3n) is 4.41. The Morgan fingerprint density at radius 3 is 2.81 bits per heavy atom. The maximum atomic E-state index is 12.9. The Balaban J connectivity index is 1.82. The number of carbonyl (C=O) groups is 1. The summed E-state index contributed by atoms with van der Waals surface area (Å²) in [5, 5.41) is 10.2. The van der Waals surface area contributed by atoms with Gasteiger partial charge < -0.3 is 10.0 Å². The van der Waals surface area contributed by atoms with Crippen molar-refractivity contribution in [1.29, 1.82) is 0 Å². The van der Waals surface area contributed by atoms with Gasteiger partial charge in [0.05, 0.1) is 11.7 Å². The number of fused-ring (bicyclic) bond motifs is 1. The molecule has 3 rings (SSSR count). The fraction of sp³-hybridized carbons (Fsp3) is 0.562. The van der Waals surface area contributed by atoms with Crippen LogP contribution < -0.4 is 4.90 Å². The van der Waals surface area contributed by atoms with Crippen molar-refractivity contribution in [2.24, 2.45) is 0 Å². The first-order valence-electron chi connectivity index (χ1n) is 7.62. The first kappa shape index (κ1) is 14.7. The molecule has 1 amide bonds. The standard InChI is InChI=1S/C16H22N2O2S/c1-12(17-8-10-21-11-9-17)16(20)18-7-3-5-13-4-2-6-14(19)15(13)18/h2,4,6,12,19H,3,5,7-11H2,1H3/t12-/m0/s1. The van der Waals surface area contributed by atoms with Crippen LogP contribution in [0.4, 0.5) is 5.69 Å². The minimum absolute atomic E-state index is 0.114. The molecule has 114 valence electrons. The van der Waals surface area contributed by atoms with E-state index in [1.165, 1.54) is 0 Å². The number of amides is 1. The Bertz CT molecular complexity index is 529. The monoisotopic (exact) mass is 306 g/mol. The van der Waals surface area contributed by atoms with Crippen molar-refractivity contribution in [2.45, 2.75) is 25.8 Å². The van der Waals surface area contributed by atoms with Gasteiger partial charge in [-0.3, -0.25) is 9.69 Å². The first-order valence-corrected chi connectivity index (χ1v) is 8.78. The first-order chi connectivity index (χ1) is 10.2. The highest BCUT2D eigenvalue weighted by Gasteiger charge is 2.31. The summed E-state index contributed by atoms with van der Waals surface area (Å²) in [7, 11) is 0. The third kappa shape index (κ3) is 2.90. The summed E-state index contributed by atoms with van der Waals surface area (Å²) in [5.74, 6) is 2.53. The second kappa shape index (κ2) is 6.28. The minimum atomic E-state index is -0.114. The van der Waals surface area contributed by atoms with Crippen molar-refractivity contribution < 1.29 is 9.90 Å². The van der Waals surface area contributed by atoms with Crippen molar-refractivity contribution in [3.05, 3.63) is 23.8 Å². The maximum absolute atomic E-state index is 12.9. The van der Waals surface area contributed by atoms with E-state index >= 15 is 0 Å². The van der Waals surface area contributed by atoms with Crippen molar-refractivity contribution in [1.82, 2.24) is 4.90 Å². The molecule has 1 atom stereocenters. The minimum Gasteiger partial charge on any atom is -0.506 e. The van der Waals surface area contributed by atoms with Gasteiger partial charge in [-0.05, 0) is 31.4 Å². The van der Waals surface area contributed by atoms with Gasteiger partial charge in [0.15, 0.2) is 0 Å². The van der Waals surface area contributed by atoms with E-state index in [-0.39, 0.29) is 17.7 Å². The highest BCUT2D eigenvalue weighted by Crippen LogP contribution is 2.36. The van der Waals surface area contributed by atoms with E-state index in [9.17, 15) is 9.90 Å². The molecule has 1 saturated heterocycles. The van der Waals surface area contributed by atoms with Gasteiger partial charge in [0.1, 0.15) is 5.75 Å². The molecule has 2 aliphatic rings. The number of hydrogen-bond acceptors (Lipinski definition) is 4. The topological polar surface area (TPSA) is 43.8 Å². The number of aromatic hydroxyl groups is 1. The molecule has 4 nitrogen and oxygen atoms in total. The summed E-state index contributed by atoms with van der Waals surface area (Å²) in [6.45, 7) is 4.64. The summed E-state index contributed by atoms with van der Waals surface area (Å²) in [6.07, 6.45) is 1.90. The molecule has 5 heteroatoms. The predicted octanol–water partition coefficient (Wildman–Crippen LogP) is 2.11. The Morgan fingerprint density at radius 1 is 1.29 bits per heavy atom. The number of benzene rings is 1. The number of anilines is 1. The number of thioether (sulfide) groups is 1. The molecule has 0 radical (unpaired) electrons. The van der Waals surface area contributed by atoms with Crippen LogP contribution in [-0.4, -0.2) is 53.1 Å². The fourth-order valence-corrected chi connectivity index (χ4v) is 4.13. The third-order valence-corrected chi connectivity index (χ3v) is 5.36. The number of hydrogen-bond donors (Lipinski definition) is 1. The zero-order valence-corrected chi connectivity index (χ0v) is 13.2. The van der Waals surface area contributed by atoms with E-state index in [0.717, 1.165) is 48.7 Å². The SMILES string of the molecule is C[C@@H](C(=O)N1CCCc2cccc(O)c21)N1CCSCC1. The molecule has 0 unspecified atom stereocenters. The quantitative estimate of drug-likeness (QED) is 0.909. The Hall–Kier alpha value is -1.20. The van der Waals surface area contributed by atoms with Crippen molar-refractivity contribution in [3.8, 4) is 5.75 Å². The van der Waals surface area contributed by atoms with Gasteiger partial charge in [0, 0.05) is 31.1 Å². The van der Waals surface area contributed by atoms with Crippen LogP contribution in [0.25, 0.3) is 0 Å². The van der Waals surface area contributed by atoms with Crippen LogP contribution in [-0.2, 0) is 11.2 Å². The lowest BCUT2D eigenvalue weighted by Gasteiger charge is -2.37. The molecule has 0 aliphatic carbocycles. The van der Waals surface area contributed by atoms with Gasteiger partial charge in [-0.1, -0.05) is 12.1 Å². The fourth-order valence-electron chi connectivity index (χ4n) is 3.20. The molecular weight excluding hydrogens is 284 g/mol. The van der Waals surface area contributed by atoms with Crippen molar-refractivity contribution in [3.63, 3.8) is 0 Å². The molecule has 1 aromatic rings. The molecule has 2 heterocycles. The van der Waals surface area contributed by atoms with E-state index in [1.807, 2.05) is 30.8 Å². The van der Waals surface area contributed by atoms with Gasteiger partial charge in [-0.15, -0.1) is 0 Å². The van der Waals surface area contributed by atoms with Crippen LogP contribution in [0, 0.1) is 0 Å². The van der Waals surface area contributed by atoms with Crippen molar-refractivity contribution in [2.75, 3.05) is 36.0 Å². The summed E-state index contributed by atoms with van der Waals surface area (Å²) < 4.78 is 0. The van der Waals surface area contributed by atoms with Crippen molar-refractivity contribution >= 4 is 23.4 Å². The molecule has 0 bridgehead atoms. The average Bonchev–Trinajstić information content (AvgIpc) is 2.54. The molecule has 1 fully saturated rings.